The molecule has 0 saturated carbocycles. The molecule has 0 unspecified atom stereocenters. The Labute approximate surface area is 203 Å². The van der Waals surface area contributed by atoms with E-state index in [4.69, 9.17) is 19.3 Å². The zero-order valence-electron chi connectivity index (χ0n) is 21.2. The Morgan fingerprint density at radius 1 is 0.765 bits per heavy atom. The first kappa shape index (κ1) is 27.2. The number of hydrogen-bond acceptors (Lipinski definition) is 5. The van der Waals surface area contributed by atoms with Gasteiger partial charge in [0.2, 0.25) is 0 Å². The maximum atomic E-state index is 13.5. The Kier molecular flexibility index (Phi) is 10.4. The fourth-order valence-corrected chi connectivity index (χ4v) is 3.13. The van der Waals surface area contributed by atoms with Crippen LogP contribution in [0.3, 0.4) is 0 Å². The molecule has 0 atom stereocenters. The molecule has 1 N–H and O–H groups in total. The second kappa shape index (κ2) is 13.0. The van der Waals surface area contributed by atoms with Gasteiger partial charge < -0.3 is 19.3 Å². The highest BCUT2D eigenvalue weighted by atomic mass is 16.5. The molecule has 0 aliphatic carbocycles. The fourth-order valence-electron chi connectivity index (χ4n) is 3.13. The molecule has 0 amide bonds. The second-order valence-electron chi connectivity index (χ2n) is 9.82. The van der Waals surface area contributed by atoms with Gasteiger partial charge in [-0.25, -0.2) is 0 Å². The monoisotopic (exact) mass is 470 g/mol. The van der Waals surface area contributed by atoms with Crippen molar-refractivity contribution < 1.29 is 28.9 Å². The highest BCUT2D eigenvalue weighted by molar-refractivity contribution is 6.11. The van der Waals surface area contributed by atoms with Crippen LogP contribution in [-0.4, -0.2) is 36.7 Å². The summed E-state index contributed by atoms with van der Waals surface area (Å²) in [5, 5.41) is 9.15. The summed E-state index contributed by atoms with van der Waals surface area (Å²) in [5.74, 6) is 1.65. The van der Waals surface area contributed by atoms with Crippen LogP contribution in [0.4, 0.5) is 0 Å². The van der Waals surface area contributed by atoms with Crippen LogP contribution in [0.1, 0.15) is 69.4 Å². The number of ether oxygens (including phenoxy) is 3. The molecule has 0 aliphatic heterocycles. The minimum atomic E-state index is -0.895. The third kappa shape index (κ3) is 8.73. The number of carbonyl (C=O) groups is 2. The van der Waals surface area contributed by atoms with Gasteiger partial charge in [0.15, 0.2) is 5.78 Å². The van der Waals surface area contributed by atoms with Crippen molar-refractivity contribution in [3.63, 3.8) is 0 Å². The van der Waals surface area contributed by atoms with Crippen LogP contribution in [0.5, 0.6) is 17.2 Å². The minimum absolute atomic E-state index is 0.0414. The topological polar surface area (TPSA) is 82.1 Å². The maximum Gasteiger partial charge on any atom is 0.303 e. The van der Waals surface area contributed by atoms with Crippen LogP contribution in [0.2, 0.25) is 0 Å². The summed E-state index contributed by atoms with van der Waals surface area (Å²) in [5.41, 5.74) is 1.61. The summed E-state index contributed by atoms with van der Waals surface area (Å²) in [6.07, 6.45) is 0.239. The average Bonchev–Trinajstić information content (AvgIpc) is 2.78. The number of carboxylic acids is 1. The summed E-state index contributed by atoms with van der Waals surface area (Å²) in [6, 6.07) is 10.5. The number of ketones is 1. The Hall–Kier alpha value is -3.02. The molecule has 0 bridgehead atoms. The summed E-state index contributed by atoms with van der Waals surface area (Å²) < 4.78 is 17.7. The minimum Gasteiger partial charge on any atom is -0.493 e. The molecule has 0 fully saturated rings. The van der Waals surface area contributed by atoms with Gasteiger partial charge in [-0.1, -0.05) is 41.5 Å². The quantitative estimate of drug-likeness (QED) is 0.339. The molecular weight excluding hydrogens is 432 g/mol. The van der Waals surface area contributed by atoms with E-state index >= 15 is 0 Å². The van der Waals surface area contributed by atoms with Gasteiger partial charge in [-0.15, -0.1) is 0 Å². The van der Waals surface area contributed by atoms with E-state index in [0.717, 1.165) is 0 Å². The Morgan fingerprint density at radius 2 is 1.35 bits per heavy atom. The van der Waals surface area contributed by atoms with Crippen LogP contribution in [-0.2, 0) is 11.2 Å². The summed E-state index contributed by atoms with van der Waals surface area (Å²) in [6.45, 7) is 13.9. The van der Waals surface area contributed by atoms with Gasteiger partial charge in [-0.2, -0.15) is 0 Å². The van der Waals surface area contributed by atoms with Crippen molar-refractivity contribution in [2.24, 2.45) is 17.8 Å². The van der Waals surface area contributed by atoms with Crippen molar-refractivity contribution in [3.8, 4) is 17.2 Å². The first-order valence-corrected chi connectivity index (χ1v) is 12.0. The Balaban J connectivity index is 2.38. The highest BCUT2D eigenvalue weighted by Gasteiger charge is 2.19. The van der Waals surface area contributed by atoms with Crippen molar-refractivity contribution in [1.82, 2.24) is 0 Å². The number of carbonyl (C=O) groups excluding carboxylic acids is 1. The average molecular weight is 471 g/mol. The molecule has 0 heterocycles. The van der Waals surface area contributed by atoms with Crippen LogP contribution in [0.15, 0.2) is 36.4 Å². The number of carboxylic acid groups (broad SMARTS) is 1. The normalized spacial score (nSPS) is 11.2. The zero-order chi connectivity index (χ0) is 25.3. The molecule has 6 heteroatoms. The lowest BCUT2D eigenvalue weighted by Crippen LogP contribution is -2.12. The lowest BCUT2D eigenvalue weighted by molar-refractivity contribution is -0.136. The SMILES string of the molecule is CC(C)COc1ccc(C(=O)c2ccc(OCC(C)C)c(CCC(=O)O)c2)c(OCC(C)C)c1. The number of hydrogen-bond donors (Lipinski definition) is 1. The molecule has 6 nitrogen and oxygen atoms in total. The molecule has 0 aromatic heterocycles. The van der Waals surface area contributed by atoms with Crippen molar-refractivity contribution in [2.75, 3.05) is 19.8 Å². The van der Waals surface area contributed by atoms with E-state index in [1.165, 1.54) is 0 Å². The van der Waals surface area contributed by atoms with Gasteiger partial charge in [0, 0.05) is 18.1 Å². The standard InChI is InChI=1S/C28H38O6/c1-18(2)15-32-23-9-10-24(26(14-23)34-17-20(5)6)28(31)22-7-11-25(33-16-19(3)4)21(13-22)8-12-27(29)30/h7,9-11,13-14,18-20H,8,12,15-17H2,1-6H3,(H,29,30). The van der Waals surface area contributed by atoms with E-state index in [9.17, 15) is 9.59 Å². The lowest BCUT2D eigenvalue weighted by Gasteiger charge is -2.17. The molecule has 0 spiro atoms. The van der Waals surface area contributed by atoms with Crippen LogP contribution in [0.25, 0.3) is 0 Å². The smallest absolute Gasteiger partial charge is 0.303 e. The van der Waals surface area contributed by atoms with E-state index in [1.807, 2.05) is 27.7 Å². The van der Waals surface area contributed by atoms with Gasteiger partial charge >= 0.3 is 5.97 Å². The summed E-state index contributed by atoms with van der Waals surface area (Å²) in [4.78, 5) is 24.6. The summed E-state index contributed by atoms with van der Waals surface area (Å²) >= 11 is 0. The molecular formula is C28H38O6. The predicted octanol–water partition coefficient (Wildman–Crippen LogP) is 6.04. The van der Waals surface area contributed by atoms with Gasteiger partial charge in [0.1, 0.15) is 17.2 Å². The van der Waals surface area contributed by atoms with E-state index < -0.39 is 5.97 Å². The van der Waals surface area contributed by atoms with E-state index in [-0.39, 0.29) is 18.6 Å². The van der Waals surface area contributed by atoms with E-state index in [1.54, 1.807) is 36.4 Å². The van der Waals surface area contributed by atoms with Crippen LogP contribution < -0.4 is 14.2 Å². The molecule has 34 heavy (non-hydrogen) atoms. The van der Waals surface area contributed by atoms with Crippen molar-refractivity contribution in [1.29, 1.82) is 0 Å². The van der Waals surface area contributed by atoms with Crippen LogP contribution >= 0.6 is 0 Å². The second-order valence-corrected chi connectivity index (χ2v) is 9.82. The number of benzene rings is 2. The predicted molar refractivity (Wildman–Crippen MR) is 133 cm³/mol. The van der Waals surface area contributed by atoms with E-state index in [0.29, 0.717) is 71.5 Å². The maximum absolute atomic E-state index is 13.5. The van der Waals surface area contributed by atoms with Crippen molar-refractivity contribution in [2.45, 2.75) is 54.4 Å². The number of aliphatic carboxylic acids is 1. The fraction of sp³-hybridized carbons (Fsp3) is 0.500. The third-order valence-electron chi connectivity index (χ3n) is 4.86. The van der Waals surface area contributed by atoms with E-state index in [2.05, 4.69) is 13.8 Å². The highest BCUT2D eigenvalue weighted by Crippen LogP contribution is 2.30. The molecule has 2 rings (SSSR count). The number of aryl methyl sites for hydroxylation is 1. The van der Waals surface area contributed by atoms with Crippen molar-refractivity contribution >= 4 is 11.8 Å². The molecule has 0 radical (unpaired) electrons. The lowest BCUT2D eigenvalue weighted by atomic mass is 9.98. The molecule has 2 aromatic carbocycles. The largest absolute Gasteiger partial charge is 0.493 e. The van der Waals surface area contributed by atoms with Gasteiger partial charge in [0.05, 0.1) is 25.4 Å². The van der Waals surface area contributed by atoms with Gasteiger partial charge in [-0.3, -0.25) is 9.59 Å². The number of rotatable bonds is 14. The molecule has 2 aromatic rings. The van der Waals surface area contributed by atoms with Gasteiger partial charge in [-0.05, 0) is 60.1 Å². The first-order valence-electron chi connectivity index (χ1n) is 12.0. The van der Waals surface area contributed by atoms with Crippen LogP contribution in [0, 0.1) is 17.8 Å². The third-order valence-corrected chi connectivity index (χ3v) is 4.86. The zero-order valence-corrected chi connectivity index (χ0v) is 21.2. The van der Waals surface area contributed by atoms with Crippen molar-refractivity contribution in [3.05, 3.63) is 53.1 Å². The Bertz CT molecular complexity index is 961. The first-order chi connectivity index (χ1) is 16.1. The molecule has 186 valence electrons. The molecule has 0 aliphatic rings. The summed E-state index contributed by atoms with van der Waals surface area (Å²) in [7, 11) is 0. The Morgan fingerprint density at radius 3 is 1.94 bits per heavy atom. The molecule has 0 saturated heterocycles. The van der Waals surface area contributed by atoms with Gasteiger partial charge in [0.25, 0.3) is 0 Å².